The number of rotatable bonds is 2. The minimum Gasteiger partial charge on any atom is -0.350 e. The van der Waals surface area contributed by atoms with Gasteiger partial charge in [-0.25, -0.2) is 4.98 Å². The van der Waals surface area contributed by atoms with Gasteiger partial charge in [0.1, 0.15) is 5.82 Å². The van der Waals surface area contributed by atoms with E-state index in [4.69, 9.17) is 11.0 Å². The predicted octanol–water partition coefficient (Wildman–Crippen LogP) is 1.66. The van der Waals surface area contributed by atoms with Gasteiger partial charge in [-0.1, -0.05) is 0 Å². The zero-order valence-corrected chi connectivity index (χ0v) is 10.1. The lowest BCUT2D eigenvalue weighted by Crippen LogP contribution is -2.49. The van der Waals surface area contributed by atoms with Crippen molar-refractivity contribution in [2.75, 3.05) is 11.4 Å². The van der Waals surface area contributed by atoms with Crippen molar-refractivity contribution in [3.05, 3.63) is 23.9 Å². The fourth-order valence-corrected chi connectivity index (χ4v) is 2.56. The molecular formula is C13H18N4. The predicted molar refractivity (Wildman–Crippen MR) is 67.6 cm³/mol. The molecule has 0 amide bonds. The lowest BCUT2D eigenvalue weighted by molar-refractivity contribution is 0.398. The molecule has 2 rings (SSSR count). The largest absolute Gasteiger partial charge is 0.350 e. The van der Waals surface area contributed by atoms with Gasteiger partial charge in [-0.05, 0) is 38.3 Å². The standard InChI is InChI=1S/C13H18N4/c1-10-3-2-4-12(9-15)17(10)13-7-11(8-14)5-6-16-13/h5-7,10,12H,2-4,9,15H2,1H3. The average Bonchev–Trinajstić information content (AvgIpc) is 2.38. The summed E-state index contributed by atoms with van der Waals surface area (Å²) in [6.07, 6.45) is 5.19. The Bertz CT molecular complexity index is 424. The molecule has 1 saturated heterocycles. The van der Waals surface area contributed by atoms with Crippen LogP contribution in [0.25, 0.3) is 0 Å². The molecule has 0 bridgehead atoms. The average molecular weight is 230 g/mol. The number of pyridine rings is 1. The quantitative estimate of drug-likeness (QED) is 0.839. The first-order valence-electron chi connectivity index (χ1n) is 6.11. The van der Waals surface area contributed by atoms with Crippen LogP contribution in [0.1, 0.15) is 31.7 Å². The summed E-state index contributed by atoms with van der Waals surface area (Å²) in [6, 6.07) is 6.53. The van der Waals surface area contributed by atoms with Crippen molar-refractivity contribution >= 4 is 5.82 Å². The van der Waals surface area contributed by atoms with Gasteiger partial charge in [0.25, 0.3) is 0 Å². The first-order valence-corrected chi connectivity index (χ1v) is 6.11. The number of nitrogens with two attached hydrogens (primary N) is 1. The van der Waals surface area contributed by atoms with E-state index in [9.17, 15) is 0 Å². The van der Waals surface area contributed by atoms with E-state index in [1.54, 1.807) is 12.3 Å². The molecule has 0 aromatic carbocycles. The second kappa shape index (κ2) is 5.15. The zero-order chi connectivity index (χ0) is 12.3. The number of aromatic nitrogens is 1. The summed E-state index contributed by atoms with van der Waals surface area (Å²) in [4.78, 5) is 6.65. The summed E-state index contributed by atoms with van der Waals surface area (Å²) >= 11 is 0. The maximum Gasteiger partial charge on any atom is 0.130 e. The third-order valence-corrected chi connectivity index (χ3v) is 3.44. The normalized spacial score (nSPS) is 24.4. The molecule has 2 unspecified atom stereocenters. The Hall–Kier alpha value is -1.60. The van der Waals surface area contributed by atoms with Crippen LogP contribution in [0.15, 0.2) is 18.3 Å². The van der Waals surface area contributed by atoms with Crippen LogP contribution in [0, 0.1) is 11.3 Å². The fraction of sp³-hybridized carbons (Fsp3) is 0.538. The lowest BCUT2D eigenvalue weighted by atomic mass is 9.96. The summed E-state index contributed by atoms with van der Waals surface area (Å²) in [5, 5.41) is 8.93. The number of anilines is 1. The van der Waals surface area contributed by atoms with Crippen LogP contribution in [0.3, 0.4) is 0 Å². The van der Waals surface area contributed by atoms with E-state index in [2.05, 4.69) is 22.9 Å². The minimum absolute atomic E-state index is 0.347. The van der Waals surface area contributed by atoms with E-state index in [0.29, 0.717) is 24.2 Å². The number of nitriles is 1. The van der Waals surface area contributed by atoms with Crippen LogP contribution < -0.4 is 10.6 Å². The number of piperidine rings is 1. The highest BCUT2D eigenvalue weighted by atomic mass is 15.2. The first kappa shape index (κ1) is 11.9. The van der Waals surface area contributed by atoms with Gasteiger partial charge in [0, 0.05) is 24.8 Å². The van der Waals surface area contributed by atoms with Crippen LogP contribution in [0.2, 0.25) is 0 Å². The second-order valence-electron chi connectivity index (χ2n) is 4.59. The van der Waals surface area contributed by atoms with Crippen LogP contribution >= 0.6 is 0 Å². The molecule has 0 spiro atoms. The molecule has 1 aromatic rings. The van der Waals surface area contributed by atoms with Crippen molar-refractivity contribution < 1.29 is 0 Å². The summed E-state index contributed by atoms with van der Waals surface area (Å²) in [6.45, 7) is 2.84. The van der Waals surface area contributed by atoms with E-state index < -0.39 is 0 Å². The Morgan fingerprint density at radius 2 is 2.41 bits per heavy atom. The third-order valence-electron chi connectivity index (χ3n) is 3.44. The van der Waals surface area contributed by atoms with Gasteiger partial charge < -0.3 is 10.6 Å². The molecule has 4 nitrogen and oxygen atoms in total. The van der Waals surface area contributed by atoms with Gasteiger partial charge in [0.05, 0.1) is 11.6 Å². The van der Waals surface area contributed by atoms with Crippen LogP contribution in [0.4, 0.5) is 5.82 Å². The van der Waals surface area contributed by atoms with Gasteiger partial charge in [-0.2, -0.15) is 5.26 Å². The van der Waals surface area contributed by atoms with Gasteiger partial charge >= 0.3 is 0 Å². The summed E-state index contributed by atoms with van der Waals surface area (Å²) < 4.78 is 0. The molecule has 1 aliphatic rings. The molecule has 0 radical (unpaired) electrons. The van der Waals surface area contributed by atoms with Crippen molar-refractivity contribution in [1.82, 2.24) is 4.98 Å². The molecule has 0 aliphatic carbocycles. The topological polar surface area (TPSA) is 65.9 Å². The molecule has 2 atom stereocenters. The molecule has 17 heavy (non-hydrogen) atoms. The van der Waals surface area contributed by atoms with Gasteiger partial charge in [-0.3, -0.25) is 0 Å². The highest BCUT2D eigenvalue weighted by Gasteiger charge is 2.27. The number of hydrogen-bond donors (Lipinski definition) is 1. The number of nitrogens with zero attached hydrogens (tertiary/aromatic N) is 3. The van der Waals surface area contributed by atoms with Crippen molar-refractivity contribution in [2.45, 2.75) is 38.3 Å². The minimum atomic E-state index is 0.347. The fourth-order valence-electron chi connectivity index (χ4n) is 2.56. The van der Waals surface area contributed by atoms with Crippen molar-refractivity contribution in [3.8, 4) is 6.07 Å². The van der Waals surface area contributed by atoms with Crippen LogP contribution in [0.5, 0.6) is 0 Å². The Balaban J connectivity index is 2.31. The second-order valence-corrected chi connectivity index (χ2v) is 4.59. The van der Waals surface area contributed by atoms with E-state index in [0.717, 1.165) is 18.7 Å². The van der Waals surface area contributed by atoms with Gasteiger partial charge in [0.15, 0.2) is 0 Å². The molecule has 1 aromatic heterocycles. The maximum absolute atomic E-state index is 8.93. The molecule has 1 fully saturated rings. The smallest absolute Gasteiger partial charge is 0.130 e. The monoisotopic (exact) mass is 230 g/mol. The van der Waals surface area contributed by atoms with E-state index in [1.165, 1.54) is 6.42 Å². The van der Waals surface area contributed by atoms with Crippen molar-refractivity contribution in [2.24, 2.45) is 5.73 Å². The lowest BCUT2D eigenvalue weighted by Gasteiger charge is -2.41. The molecule has 2 heterocycles. The summed E-state index contributed by atoms with van der Waals surface area (Å²) in [7, 11) is 0. The Labute approximate surface area is 102 Å². The van der Waals surface area contributed by atoms with E-state index >= 15 is 0 Å². The highest BCUT2D eigenvalue weighted by Crippen LogP contribution is 2.27. The summed E-state index contributed by atoms with van der Waals surface area (Å²) in [5.74, 6) is 0.881. The Morgan fingerprint density at radius 3 is 3.12 bits per heavy atom. The Kier molecular flexibility index (Phi) is 3.60. The van der Waals surface area contributed by atoms with Crippen LogP contribution in [-0.2, 0) is 0 Å². The molecule has 4 heteroatoms. The zero-order valence-electron chi connectivity index (χ0n) is 10.1. The molecule has 90 valence electrons. The van der Waals surface area contributed by atoms with E-state index in [1.807, 2.05) is 6.07 Å². The molecular weight excluding hydrogens is 212 g/mol. The summed E-state index contributed by atoms with van der Waals surface area (Å²) in [5.41, 5.74) is 6.49. The number of hydrogen-bond acceptors (Lipinski definition) is 4. The highest BCUT2D eigenvalue weighted by molar-refractivity contribution is 5.47. The molecule has 2 N–H and O–H groups in total. The molecule has 1 aliphatic heterocycles. The SMILES string of the molecule is CC1CCCC(CN)N1c1cc(C#N)ccn1. The maximum atomic E-state index is 8.93. The Morgan fingerprint density at radius 1 is 1.59 bits per heavy atom. The van der Waals surface area contributed by atoms with Gasteiger partial charge in [0.2, 0.25) is 0 Å². The first-order chi connectivity index (χ1) is 8.26. The third kappa shape index (κ3) is 2.40. The molecule has 0 saturated carbocycles. The van der Waals surface area contributed by atoms with E-state index in [-0.39, 0.29) is 0 Å². The van der Waals surface area contributed by atoms with Gasteiger partial charge in [-0.15, -0.1) is 0 Å². The van der Waals surface area contributed by atoms with Crippen molar-refractivity contribution in [1.29, 1.82) is 5.26 Å². The van der Waals surface area contributed by atoms with Crippen molar-refractivity contribution in [3.63, 3.8) is 0 Å². The van der Waals surface area contributed by atoms with Crippen LogP contribution in [-0.4, -0.2) is 23.6 Å².